The largest absolute Gasteiger partial charge is 0.351 e. The Labute approximate surface area is 131 Å². The van der Waals surface area contributed by atoms with Gasteiger partial charge in [-0.15, -0.1) is 11.6 Å². The molecule has 2 aromatic carbocycles. The molecule has 1 N–H and O–H groups in total. The Morgan fingerprint density at radius 3 is 2.24 bits per heavy atom. The van der Waals surface area contributed by atoms with Gasteiger partial charge in [-0.05, 0) is 23.1 Å². The highest BCUT2D eigenvalue weighted by Gasteiger charge is 2.17. The van der Waals surface area contributed by atoms with Gasteiger partial charge in [0.05, 0.1) is 5.92 Å². The number of carbonyl (C=O) groups excluding carboxylic acids is 1. The first-order valence-electron chi connectivity index (χ1n) is 7.21. The molecule has 0 spiro atoms. The Kier molecular flexibility index (Phi) is 5.82. The number of amides is 1. The molecule has 110 valence electrons. The fourth-order valence-electron chi connectivity index (χ4n) is 2.32. The molecule has 3 heteroatoms. The van der Waals surface area contributed by atoms with Crippen LogP contribution in [0.15, 0.2) is 54.6 Å². The Morgan fingerprint density at radius 1 is 1.05 bits per heavy atom. The molecule has 0 aromatic heterocycles. The molecule has 21 heavy (non-hydrogen) atoms. The fourth-order valence-corrected chi connectivity index (χ4v) is 2.49. The Morgan fingerprint density at radius 2 is 1.67 bits per heavy atom. The number of benzene rings is 2. The number of alkyl halides is 1. The van der Waals surface area contributed by atoms with Crippen molar-refractivity contribution in [1.29, 1.82) is 0 Å². The topological polar surface area (TPSA) is 29.1 Å². The molecule has 0 bridgehead atoms. The summed E-state index contributed by atoms with van der Waals surface area (Å²) >= 11 is 5.77. The number of hydrogen-bond acceptors (Lipinski definition) is 1. The molecule has 0 aliphatic heterocycles. The monoisotopic (exact) mass is 301 g/mol. The third kappa shape index (κ3) is 4.33. The molecule has 2 nitrogen and oxygen atoms in total. The SMILES string of the molecule is CCC(C(=O)NCc1ccc(CCl)cc1)c1ccccc1. The Balaban J connectivity index is 1.96. The van der Waals surface area contributed by atoms with E-state index in [4.69, 9.17) is 11.6 Å². The van der Waals surface area contributed by atoms with E-state index in [0.29, 0.717) is 12.4 Å². The predicted molar refractivity (Wildman–Crippen MR) is 87.3 cm³/mol. The van der Waals surface area contributed by atoms with E-state index in [2.05, 4.69) is 5.32 Å². The van der Waals surface area contributed by atoms with Crippen LogP contribution < -0.4 is 5.32 Å². The highest BCUT2D eigenvalue weighted by atomic mass is 35.5. The zero-order valence-electron chi connectivity index (χ0n) is 12.2. The van der Waals surface area contributed by atoms with Gasteiger partial charge < -0.3 is 5.32 Å². The molecule has 1 atom stereocenters. The van der Waals surface area contributed by atoms with Crippen LogP contribution >= 0.6 is 11.6 Å². The van der Waals surface area contributed by atoms with Crippen molar-refractivity contribution < 1.29 is 4.79 Å². The molecule has 0 saturated carbocycles. The second kappa shape index (κ2) is 7.84. The van der Waals surface area contributed by atoms with Crippen molar-refractivity contribution in [2.75, 3.05) is 0 Å². The standard InChI is InChI=1S/C18H20ClNO/c1-2-17(16-6-4-3-5-7-16)18(21)20-13-15-10-8-14(12-19)9-11-15/h3-11,17H,2,12-13H2,1H3,(H,20,21). The van der Waals surface area contributed by atoms with E-state index in [1.807, 2.05) is 61.5 Å². The van der Waals surface area contributed by atoms with E-state index >= 15 is 0 Å². The van der Waals surface area contributed by atoms with Gasteiger partial charge in [0.25, 0.3) is 0 Å². The first-order valence-corrected chi connectivity index (χ1v) is 7.74. The van der Waals surface area contributed by atoms with Gasteiger partial charge >= 0.3 is 0 Å². The van der Waals surface area contributed by atoms with Crippen LogP contribution in [0.5, 0.6) is 0 Å². The lowest BCUT2D eigenvalue weighted by Crippen LogP contribution is -2.28. The summed E-state index contributed by atoms with van der Waals surface area (Å²) in [7, 11) is 0. The van der Waals surface area contributed by atoms with Crippen LogP contribution in [-0.2, 0) is 17.2 Å². The van der Waals surface area contributed by atoms with E-state index < -0.39 is 0 Å². The highest BCUT2D eigenvalue weighted by Crippen LogP contribution is 2.19. The molecule has 2 rings (SSSR count). The molecular formula is C18H20ClNO. The zero-order chi connectivity index (χ0) is 15.1. The Hall–Kier alpha value is -1.80. The summed E-state index contributed by atoms with van der Waals surface area (Å²) < 4.78 is 0. The Bertz CT molecular complexity index is 566. The lowest BCUT2D eigenvalue weighted by Gasteiger charge is -2.15. The summed E-state index contributed by atoms with van der Waals surface area (Å²) in [5, 5.41) is 3.01. The van der Waals surface area contributed by atoms with Crippen LogP contribution in [0.25, 0.3) is 0 Å². The van der Waals surface area contributed by atoms with Crippen LogP contribution in [-0.4, -0.2) is 5.91 Å². The average molecular weight is 302 g/mol. The second-order valence-electron chi connectivity index (χ2n) is 5.04. The van der Waals surface area contributed by atoms with Crippen LogP contribution in [0.2, 0.25) is 0 Å². The summed E-state index contributed by atoms with van der Waals surface area (Å²) in [6, 6.07) is 17.9. The fraction of sp³-hybridized carbons (Fsp3) is 0.278. The molecule has 0 fully saturated rings. The third-order valence-corrected chi connectivity index (χ3v) is 3.88. The van der Waals surface area contributed by atoms with Crippen molar-refractivity contribution in [2.45, 2.75) is 31.7 Å². The highest BCUT2D eigenvalue weighted by molar-refractivity contribution is 6.17. The normalized spacial score (nSPS) is 11.9. The smallest absolute Gasteiger partial charge is 0.227 e. The van der Waals surface area contributed by atoms with Crippen molar-refractivity contribution in [2.24, 2.45) is 0 Å². The van der Waals surface area contributed by atoms with E-state index in [0.717, 1.165) is 23.1 Å². The number of halogens is 1. The summed E-state index contributed by atoms with van der Waals surface area (Å²) in [6.07, 6.45) is 0.793. The van der Waals surface area contributed by atoms with Gasteiger partial charge in [-0.25, -0.2) is 0 Å². The van der Waals surface area contributed by atoms with E-state index in [9.17, 15) is 4.79 Å². The molecule has 0 aliphatic rings. The van der Waals surface area contributed by atoms with Crippen molar-refractivity contribution in [1.82, 2.24) is 5.32 Å². The van der Waals surface area contributed by atoms with Gasteiger partial charge in [0.1, 0.15) is 0 Å². The van der Waals surface area contributed by atoms with Crippen molar-refractivity contribution in [3.8, 4) is 0 Å². The van der Waals surface area contributed by atoms with Gasteiger partial charge in [0.15, 0.2) is 0 Å². The summed E-state index contributed by atoms with van der Waals surface area (Å²) in [5.41, 5.74) is 3.23. The maximum absolute atomic E-state index is 12.3. The van der Waals surface area contributed by atoms with Gasteiger partial charge in [0, 0.05) is 12.4 Å². The van der Waals surface area contributed by atoms with Crippen LogP contribution in [0.4, 0.5) is 0 Å². The van der Waals surface area contributed by atoms with Crippen LogP contribution in [0.3, 0.4) is 0 Å². The lowest BCUT2D eigenvalue weighted by atomic mass is 9.95. The maximum atomic E-state index is 12.3. The lowest BCUT2D eigenvalue weighted by molar-refractivity contribution is -0.122. The number of hydrogen-bond donors (Lipinski definition) is 1. The molecule has 0 radical (unpaired) electrons. The van der Waals surface area contributed by atoms with Crippen LogP contribution in [0.1, 0.15) is 36.0 Å². The zero-order valence-corrected chi connectivity index (χ0v) is 12.9. The summed E-state index contributed by atoms with van der Waals surface area (Å²) in [6.45, 7) is 2.58. The van der Waals surface area contributed by atoms with Crippen LogP contribution in [0, 0.1) is 0 Å². The van der Waals surface area contributed by atoms with Gasteiger partial charge in [0.2, 0.25) is 5.91 Å². The summed E-state index contributed by atoms with van der Waals surface area (Å²) in [5.74, 6) is 0.497. The molecular weight excluding hydrogens is 282 g/mol. The predicted octanol–water partition coefficient (Wildman–Crippen LogP) is 4.24. The number of carbonyl (C=O) groups is 1. The first kappa shape index (κ1) is 15.6. The molecule has 2 aromatic rings. The minimum absolute atomic E-state index is 0.0742. The quantitative estimate of drug-likeness (QED) is 0.795. The van der Waals surface area contributed by atoms with E-state index in [-0.39, 0.29) is 11.8 Å². The van der Waals surface area contributed by atoms with E-state index in [1.54, 1.807) is 0 Å². The molecule has 0 aliphatic carbocycles. The molecule has 1 unspecified atom stereocenters. The van der Waals surface area contributed by atoms with Crippen molar-refractivity contribution in [3.05, 3.63) is 71.3 Å². The van der Waals surface area contributed by atoms with E-state index in [1.165, 1.54) is 0 Å². The van der Waals surface area contributed by atoms with Gasteiger partial charge in [-0.2, -0.15) is 0 Å². The maximum Gasteiger partial charge on any atom is 0.227 e. The van der Waals surface area contributed by atoms with Crippen molar-refractivity contribution >= 4 is 17.5 Å². The average Bonchev–Trinajstić information content (AvgIpc) is 2.55. The van der Waals surface area contributed by atoms with Gasteiger partial charge in [-0.3, -0.25) is 4.79 Å². The first-order chi connectivity index (χ1) is 10.2. The number of nitrogens with one attached hydrogen (secondary N) is 1. The van der Waals surface area contributed by atoms with Gasteiger partial charge in [-0.1, -0.05) is 61.5 Å². The minimum Gasteiger partial charge on any atom is -0.351 e. The number of rotatable bonds is 6. The second-order valence-corrected chi connectivity index (χ2v) is 5.31. The van der Waals surface area contributed by atoms with Crippen molar-refractivity contribution in [3.63, 3.8) is 0 Å². The minimum atomic E-state index is -0.0895. The molecule has 0 heterocycles. The molecule has 0 saturated heterocycles. The molecule has 1 amide bonds. The summed E-state index contributed by atoms with van der Waals surface area (Å²) in [4.78, 5) is 12.3. The third-order valence-electron chi connectivity index (χ3n) is 3.57.